The SMILES string of the molecule is CN1CCN(C(=O)Nc2nccs2)c2nc(-c3cccc(C(F)(F)F)c3)ccc21. The summed E-state index contributed by atoms with van der Waals surface area (Å²) in [7, 11) is 1.88. The van der Waals surface area contributed by atoms with Gasteiger partial charge in [-0.2, -0.15) is 13.2 Å². The van der Waals surface area contributed by atoms with Gasteiger partial charge < -0.3 is 4.90 Å². The molecule has 0 atom stereocenters. The smallest absolute Gasteiger partial charge is 0.370 e. The van der Waals surface area contributed by atoms with E-state index in [2.05, 4.69) is 15.3 Å². The molecular formula is C19H16F3N5OS. The van der Waals surface area contributed by atoms with Crippen LogP contribution in [0.25, 0.3) is 11.3 Å². The lowest BCUT2D eigenvalue weighted by Crippen LogP contribution is -2.45. The van der Waals surface area contributed by atoms with Crippen LogP contribution in [0, 0.1) is 0 Å². The molecule has 0 aliphatic carbocycles. The zero-order valence-corrected chi connectivity index (χ0v) is 16.1. The number of nitrogens with one attached hydrogen (secondary N) is 1. The van der Waals surface area contributed by atoms with Crippen LogP contribution < -0.4 is 15.1 Å². The number of amides is 2. The Kier molecular flexibility index (Phi) is 4.87. The van der Waals surface area contributed by atoms with Crippen molar-refractivity contribution < 1.29 is 18.0 Å². The minimum Gasteiger partial charge on any atom is -0.370 e. The summed E-state index contributed by atoms with van der Waals surface area (Å²) in [4.78, 5) is 24.7. The van der Waals surface area contributed by atoms with Crippen molar-refractivity contribution in [3.8, 4) is 11.3 Å². The summed E-state index contributed by atoms with van der Waals surface area (Å²) >= 11 is 1.29. The Morgan fingerprint density at radius 2 is 2.03 bits per heavy atom. The summed E-state index contributed by atoms with van der Waals surface area (Å²) in [5.41, 5.74) is 0.666. The minimum absolute atomic E-state index is 0.330. The number of likely N-dealkylation sites (N-methyl/N-ethyl adjacent to an activating group) is 1. The van der Waals surface area contributed by atoms with Gasteiger partial charge in [0.15, 0.2) is 10.9 Å². The third-order valence-electron chi connectivity index (χ3n) is 4.56. The lowest BCUT2D eigenvalue weighted by molar-refractivity contribution is -0.137. The van der Waals surface area contributed by atoms with Crippen LogP contribution in [0.15, 0.2) is 48.0 Å². The van der Waals surface area contributed by atoms with Gasteiger partial charge >= 0.3 is 12.2 Å². The second kappa shape index (κ2) is 7.36. The first-order chi connectivity index (χ1) is 13.8. The van der Waals surface area contributed by atoms with Crippen molar-refractivity contribution in [3.63, 3.8) is 0 Å². The first-order valence-electron chi connectivity index (χ1n) is 8.71. The van der Waals surface area contributed by atoms with Gasteiger partial charge in [0.2, 0.25) is 0 Å². The number of rotatable bonds is 2. The Balaban J connectivity index is 1.71. The maximum atomic E-state index is 13.1. The molecule has 3 aromatic rings. The average Bonchev–Trinajstić information content (AvgIpc) is 3.20. The summed E-state index contributed by atoms with van der Waals surface area (Å²) in [5, 5.41) is 4.93. The number of fused-ring (bicyclic) bond motifs is 1. The molecule has 0 saturated carbocycles. The number of carbonyl (C=O) groups excluding carboxylic acids is 1. The number of thiazole rings is 1. The lowest BCUT2D eigenvalue weighted by Gasteiger charge is -2.34. The molecule has 150 valence electrons. The molecule has 10 heteroatoms. The lowest BCUT2D eigenvalue weighted by atomic mass is 10.1. The van der Waals surface area contributed by atoms with Crippen molar-refractivity contribution in [1.82, 2.24) is 9.97 Å². The number of benzene rings is 1. The fraction of sp³-hybridized carbons (Fsp3) is 0.211. The highest BCUT2D eigenvalue weighted by molar-refractivity contribution is 7.13. The number of aromatic nitrogens is 2. The standard InChI is InChI=1S/C19H16F3N5OS/c1-26-8-9-27(18(28)25-17-23-7-10-29-17)16-15(26)6-5-14(24-16)12-3-2-4-13(11-12)19(20,21)22/h2-7,10-11H,8-9H2,1H3,(H,23,25,28). The van der Waals surface area contributed by atoms with Crippen LogP contribution in [0.5, 0.6) is 0 Å². The quantitative estimate of drug-likeness (QED) is 0.653. The van der Waals surface area contributed by atoms with Gasteiger partial charge in [0.1, 0.15) is 0 Å². The van der Waals surface area contributed by atoms with E-state index in [9.17, 15) is 18.0 Å². The number of hydrogen-bond acceptors (Lipinski definition) is 5. The van der Waals surface area contributed by atoms with E-state index >= 15 is 0 Å². The third-order valence-corrected chi connectivity index (χ3v) is 5.25. The molecule has 0 radical (unpaired) electrons. The molecule has 29 heavy (non-hydrogen) atoms. The van der Waals surface area contributed by atoms with E-state index in [-0.39, 0.29) is 6.03 Å². The number of carbonyl (C=O) groups is 1. The molecular weight excluding hydrogens is 403 g/mol. The number of halogens is 3. The first kappa shape index (κ1) is 19.2. The number of alkyl halides is 3. The van der Waals surface area contributed by atoms with E-state index < -0.39 is 11.7 Å². The number of urea groups is 1. The van der Waals surface area contributed by atoms with Crippen LogP contribution >= 0.6 is 11.3 Å². The molecule has 0 unspecified atom stereocenters. The molecule has 1 aromatic carbocycles. The van der Waals surface area contributed by atoms with Gasteiger partial charge in [-0.1, -0.05) is 12.1 Å². The molecule has 2 aromatic heterocycles. The van der Waals surface area contributed by atoms with Crippen molar-refractivity contribution >= 4 is 34.0 Å². The molecule has 1 aliphatic heterocycles. The van der Waals surface area contributed by atoms with Gasteiger partial charge in [-0.05, 0) is 24.3 Å². The van der Waals surface area contributed by atoms with E-state index in [0.717, 1.165) is 17.8 Å². The average molecular weight is 419 g/mol. The van der Waals surface area contributed by atoms with Crippen molar-refractivity contribution in [1.29, 1.82) is 0 Å². The maximum Gasteiger partial charge on any atom is 0.416 e. The topological polar surface area (TPSA) is 61.4 Å². The Hall–Kier alpha value is -3.14. The number of anilines is 3. The molecule has 0 bridgehead atoms. The van der Waals surface area contributed by atoms with Gasteiger partial charge in [0.25, 0.3) is 0 Å². The predicted molar refractivity (Wildman–Crippen MR) is 106 cm³/mol. The fourth-order valence-corrected chi connectivity index (χ4v) is 3.59. The largest absolute Gasteiger partial charge is 0.416 e. The van der Waals surface area contributed by atoms with Gasteiger partial charge in [0, 0.05) is 37.3 Å². The Bertz CT molecular complexity index is 1040. The molecule has 0 fully saturated rings. The van der Waals surface area contributed by atoms with Crippen LogP contribution in [-0.4, -0.2) is 36.1 Å². The Morgan fingerprint density at radius 3 is 2.76 bits per heavy atom. The fourth-order valence-electron chi connectivity index (χ4n) is 3.07. The monoisotopic (exact) mass is 419 g/mol. The van der Waals surface area contributed by atoms with E-state index in [4.69, 9.17) is 0 Å². The Labute approximate surface area is 168 Å². The zero-order chi connectivity index (χ0) is 20.6. The van der Waals surface area contributed by atoms with Crippen molar-refractivity contribution in [2.75, 3.05) is 35.3 Å². The number of hydrogen-bond donors (Lipinski definition) is 1. The van der Waals surface area contributed by atoms with E-state index in [1.165, 1.54) is 22.3 Å². The molecule has 6 nitrogen and oxygen atoms in total. The van der Waals surface area contributed by atoms with Crippen molar-refractivity contribution in [2.45, 2.75) is 6.18 Å². The summed E-state index contributed by atoms with van der Waals surface area (Å²) in [5.74, 6) is 0.391. The highest BCUT2D eigenvalue weighted by Gasteiger charge is 2.31. The minimum atomic E-state index is -4.44. The number of nitrogens with zero attached hydrogens (tertiary/aromatic N) is 4. The molecule has 3 heterocycles. The molecule has 1 aliphatic rings. The summed E-state index contributed by atoms with van der Waals surface area (Å²) in [6.45, 7) is 0.989. The zero-order valence-electron chi connectivity index (χ0n) is 15.3. The molecule has 0 spiro atoms. The molecule has 1 N–H and O–H groups in total. The highest BCUT2D eigenvalue weighted by atomic mass is 32.1. The molecule has 2 amide bonds. The van der Waals surface area contributed by atoms with Gasteiger partial charge in [0.05, 0.1) is 16.9 Å². The second-order valence-electron chi connectivity index (χ2n) is 6.46. The second-order valence-corrected chi connectivity index (χ2v) is 7.35. The van der Waals surface area contributed by atoms with E-state index in [1.807, 2.05) is 11.9 Å². The molecule has 0 saturated heterocycles. The normalized spacial score (nSPS) is 13.9. The predicted octanol–water partition coefficient (Wildman–Crippen LogP) is 4.71. The van der Waals surface area contributed by atoms with Crippen molar-refractivity contribution in [3.05, 3.63) is 53.5 Å². The third kappa shape index (κ3) is 3.88. The van der Waals surface area contributed by atoms with Crippen LogP contribution in [0.2, 0.25) is 0 Å². The van der Waals surface area contributed by atoms with Gasteiger partial charge in [-0.25, -0.2) is 14.8 Å². The van der Waals surface area contributed by atoms with Crippen LogP contribution in [0.3, 0.4) is 0 Å². The summed E-state index contributed by atoms with van der Waals surface area (Å²) in [6, 6.07) is 8.02. The number of pyridine rings is 1. The highest BCUT2D eigenvalue weighted by Crippen LogP contribution is 2.35. The Morgan fingerprint density at radius 1 is 1.21 bits per heavy atom. The van der Waals surface area contributed by atoms with Crippen molar-refractivity contribution in [2.24, 2.45) is 0 Å². The van der Waals surface area contributed by atoms with E-state index in [0.29, 0.717) is 35.3 Å². The van der Waals surface area contributed by atoms with Gasteiger partial charge in [-0.15, -0.1) is 11.3 Å². The summed E-state index contributed by atoms with van der Waals surface area (Å²) in [6.07, 6.45) is -2.85. The van der Waals surface area contributed by atoms with Crippen LogP contribution in [0.4, 0.5) is 34.6 Å². The van der Waals surface area contributed by atoms with Crippen LogP contribution in [-0.2, 0) is 6.18 Å². The maximum absolute atomic E-state index is 13.1. The van der Waals surface area contributed by atoms with Gasteiger partial charge in [-0.3, -0.25) is 10.2 Å². The first-order valence-corrected chi connectivity index (χ1v) is 9.59. The summed E-state index contributed by atoms with van der Waals surface area (Å²) < 4.78 is 39.2. The van der Waals surface area contributed by atoms with Crippen LogP contribution in [0.1, 0.15) is 5.56 Å². The van der Waals surface area contributed by atoms with E-state index in [1.54, 1.807) is 29.8 Å². The molecule has 4 rings (SSSR count).